The Labute approximate surface area is 228 Å². The number of likely N-dealkylation sites (tertiary alicyclic amines) is 1. The molecule has 5 rings (SSSR count). The highest BCUT2D eigenvalue weighted by Crippen LogP contribution is 2.34. The SMILES string of the molecule is Cc1nc(NC2CCCC2)sc1-c1ccnc(Nc2ccc(C3CCCN(CC(C)(C)C(=O)O)C3)cc2)n1. The Morgan fingerprint density at radius 3 is 2.61 bits per heavy atom. The van der Waals surface area contributed by atoms with Gasteiger partial charge in [-0.2, -0.15) is 0 Å². The summed E-state index contributed by atoms with van der Waals surface area (Å²) in [6.45, 7) is 8.06. The summed E-state index contributed by atoms with van der Waals surface area (Å²) in [5.41, 5.74) is 3.34. The molecular formula is C29H38N6O2S. The van der Waals surface area contributed by atoms with Crippen molar-refractivity contribution in [1.29, 1.82) is 0 Å². The highest BCUT2D eigenvalue weighted by Gasteiger charge is 2.32. The number of anilines is 3. The van der Waals surface area contributed by atoms with E-state index in [1.165, 1.54) is 31.2 Å². The van der Waals surface area contributed by atoms with Crippen molar-refractivity contribution in [3.8, 4) is 10.6 Å². The molecule has 3 aromatic rings. The first-order chi connectivity index (χ1) is 18.3. The fourth-order valence-electron chi connectivity index (χ4n) is 5.55. The number of rotatable bonds is 9. The van der Waals surface area contributed by atoms with Crippen molar-refractivity contribution in [3.05, 3.63) is 47.8 Å². The second kappa shape index (κ2) is 11.4. The van der Waals surface area contributed by atoms with Crippen molar-refractivity contribution in [1.82, 2.24) is 19.9 Å². The van der Waals surface area contributed by atoms with Crippen molar-refractivity contribution in [3.63, 3.8) is 0 Å². The Morgan fingerprint density at radius 1 is 1.11 bits per heavy atom. The Balaban J connectivity index is 1.22. The Bertz CT molecular complexity index is 1250. The number of aliphatic carboxylic acids is 1. The number of hydrogen-bond acceptors (Lipinski definition) is 8. The van der Waals surface area contributed by atoms with Gasteiger partial charge >= 0.3 is 5.97 Å². The van der Waals surface area contributed by atoms with E-state index >= 15 is 0 Å². The lowest BCUT2D eigenvalue weighted by Gasteiger charge is -2.36. The van der Waals surface area contributed by atoms with Crippen LogP contribution in [-0.4, -0.2) is 56.6 Å². The Hall–Kier alpha value is -3.04. The fourth-order valence-corrected chi connectivity index (χ4v) is 6.56. The third-order valence-corrected chi connectivity index (χ3v) is 8.82. The number of nitrogens with one attached hydrogen (secondary N) is 2. The van der Waals surface area contributed by atoms with Gasteiger partial charge in [-0.3, -0.25) is 4.79 Å². The molecule has 2 aliphatic rings. The molecular weight excluding hydrogens is 496 g/mol. The van der Waals surface area contributed by atoms with Gasteiger partial charge in [0.15, 0.2) is 5.13 Å². The molecule has 3 N–H and O–H groups in total. The molecule has 1 saturated carbocycles. The number of thiazole rings is 1. The van der Waals surface area contributed by atoms with Crippen LogP contribution in [-0.2, 0) is 4.79 Å². The second-order valence-corrected chi connectivity index (χ2v) is 12.3. The van der Waals surface area contributed by atoms with Gasteiger partial charge in [0.05, 0.1) is 21.7 Å². The van der Waals surface area contributed by atoms with Gasteiger partial charge in [0.1, 0.15) is 0 Å². The van der Waals surface area contributed by atoms with E-state index in [0.717, 1.165) is 53.0 Å². The number of hydrogen-bond donors (Lipinski definition) is 3. The molecule has 0 amide bonds. The van der Waals surface area contributed by atoms with Crippen LogP contribution in [0.15, 0.2) is 36.5 Å². The molecule has 0 radical (unpaired) electrons. The molecule has 1 aliphatic heterocycles. The normalized spacial score (nSPS) is 19.0. The van der Waals surface area contributed by atoms with Gasteiger partial charge in [-0.1, -0.05) is 36.3 Å². The van der Waals surface area contributed by atoms with E-state index in [4.69, 9.17) is 9.97 Å². The van der Waals surface area contributed by atoms with Crippen LogP contribution in [0, 0.1) is 12.3 Å². The van der Waals surface area contributed by atoms with Crippen LogP contribution in [0.2, 0.25) is 0 Å². The van der Waals surface area contributed by atoms with Gasteiger partial charge in [-0.25, -0.2) is 15.0 Å². The van der Waals surface area contributed by atoms with Gasteiger partial charge in [-0.15, -0.1) is 0 Å². The number of aryl methyl sites for hydroxylation is 1. The monoisotopic (exact) mass is 534 g/mol. The van der Waals surface area contributed by atoms with E-state index in [2.05, 4.69) is 44.8 Å². The summed E-state index contributed by atoms with van der Waals surface area (Å²) < 4.78 is 0. The summed E-state index contributed by atoms with van der Waals surface area (Å²) in [5.74, 6) is 0.226. The minimum Gasteiger partial charge on any atom is -0.481 e. The molecule has 0 spiro atoms. The van der Waals surface area contributed by atoms with E-state index < -0.39 is 11.4 Å². The molecule has 0 bridgehead atoms. The van der Waals surface area contributed by atoms with E-state index in [0.29, 0.717) is 24.5 Å². The van der Waals surface area contributed by atoms with Crippen molar-refractivity contribution in [2.45, 2.75) is 71.3 Å². The van der Waals surface area contributed by atoms with Crippen LogP contribution >= 0.6 is 11.3 Å². The van der Waals surface area contributed by atoms with E-state index in [1.54, 1.807) is 31.4 Å². The first kappa shape index (κ1) is 26.6. The molecule has 202 valence electrons. The van der Waals surface area contributed by atoms with Gasteiger partial charge < -0.3 is 20.6 Å². The number of carboxylic acids is 1. The fraction of sp³-hybridized carbons (Fsp3) is 0.517. The van der Waals surface area contributed by atoms with Gasteiger partial charge in [0.25, 0.3) is 0 Å². The maximum atomic E-state index is 11.6. The van der Waals surface area contributed by atoms with Crippen molar-refractivity contribution >= 4 is 34.1 Å². The minimum absolute atomic E-state index is 0.406. The average molecular weight is 535 g/mol. The second-order valence-electron chi connectivity index (χ2n) is 11.3. The Kier molecular flexibility index (Phi) is 7.95. The summed E-state index contributed by atoms with van der Waals surface area (Å²) in [6.07, 6.45) is 9.01. The minimum atomic E-state index is -0.743. The predicted molar refractivity (Wildman–Crippen MR) is 153 cm³/mol. The number of piperidine rings is 1. The van der Waals surface area contributed by atoms with Crippen LogP contribution in [0.4, 0.5) is 16.8 Å². The molecule has 1 aromatic carbocycles. The Morgan fingerprint density at radius 2 is 1.87 bits per heavy atom. The number of carboxylic acid groups (broad SMARTS) is 1. The summed E-state index contributed by atoms with van der Waals surface area (Å²) in [6, 6.07) is 11.0. The molecule has 1 unspecified atom stereocenters. The largest absolute Gasteiger partial charge is 0.481 e. The van der Waals surface area contributed by atoms with Crippen LogP contribution in [0.1, 0.15) is 69.5 Å². The molecule has 38 heavy (non-hydrogen) atoms. The number of carbonyl (C=O) groups is 1. The third-order valence-electron chi connectivity index (χ3n) is 7.71. The molecule has 9 heteroatoms. The number of benzene rings is 1. The lowest BCUT2D eigenvalue weighted by molar-refractivity contribution is -0.148. The summed E-state index contributed by atoms with van der Waals surface area (Å²) in [4.78, 5) is 28.9. The maximum absolute atomic E-state index is 11.6. The average Bonchev–Trinajstić information content (AvgIpc) is 3.54. The van der Waals surface area contributed by atoms with Gasteiger partial charge in [0, 0.05) is 31.0 Å². The topological polar surface area (TPSA) is 103 Å². The zero-order chi connectivity index (χ0) is 26.7. The van der Waals surface area contributed by atoms with Crippen LogP contribution < -0.4 is 10.6 Å². The van der Waals surface area contributed by atoms with Gasteiger partial charge in [0.2, 0.25) is 5.95 Å². The first-order valence-corrected chi connectivity index (χ1v) is 14.5. The molecule has 1 atom stereocenters. The quantitative estimate of drug-likeness (QED) is 0.294. The lowest BCUT2D eigenvalue weighted by Crippen LogP contribution is -2.43. The van der Waals surface area contributed by atoms with Crippen LogP contribution in [0.5, 0.6) is 0 Å². The smallest absolute Gasteiger partial charge is 0.310 e. The highest BCUT2D eigenvalue weighted by atomic mass is 32.1. The predicted octanol–water partition coefficient (Wildman–Crippen LogP) is 6.30. The van der Waals surface area contributed by atoms with E-state index in [9.17, 15) is 9.90 Å². The summed E-state index contributed by atoms with van der Waals surface area (Å²) in [5, 5.41) is 17.4. The molecule has 1 saturated heterocycles. The summed E-state index contributed by atoms with van der Waals surface area (Å²) in [7, 11) is 0. The van der Waals surface area contributed by atoms with Crippen LogP contribution in [0.3, 0.4) is 0 Å². The first-order valence-electron chi connectivity index (χ1n) is 13.7. The lowest BCUT2D eigenvalue weighted by atomic mass is 9.87. The van der Waals surface area contributed by atoms with Crippen molar-refractivity contribution in [2.24, 2.45) is 5.41 Å². The molecule has 3 heterocycles. The van der Waals surface area contributed by atoms with Crippen LogP contribution in [0.25, 0.3) is 10.6 Å². The van der Waals surface area contributed by atoms with E-state index in [-0.39, 0.29) is 0 Å². The molecule has 2 fully saturated rings. The van der Waals surface area contributed by atoms with Crippen molar-refractivity contribution in [2.75, 3.05) is 30.3 Å². The molecule has 2 aromatic heterocycles. The molecule has 1 aliphatic carbocycles. The zero-order valence-electron chi connectivity index (χ0n) is 22.5. The number of aromatic nitrogens is 3. The maximum Gasteiger partial charge on any atom is 0.310 e. The van der Waals surface area contributed by atoms with Gasteiger partial charge in [-0.05, 0) is 82.7 Å². The molecule has 8 nitrogen and oxygen atoms in total. The highest BCUT2D eigenvalue weighted by molar-refractivity contribution is 7.19. The van der Waals surface area contributed by atoms with E-state index in [1.807, 2.05) is 13.0 Å². The van der Waals surface area contributed by atoms with Crippen molar-refractivity contribution < 1.29 is 9.90 Å². The summed E-state index contributed by atoms with van der Waals surface area (Å²) >= 11 is 1.66. The third kappa shape index (κ3) is 6.32. The number of nitrogens with zero attached hydrogens (tertiary/aromatic N) is 4. The standard InChI is InChI=1S/C29H38N6O2S/c1-19-25(38-28(31-19)33-22-8-4-5-9-22)24-14-15-30-27(34-24)32-23-12-10-20(11-13-23)21-7-6-16-35(17-21)18-29(2,3)26(36)37/h10-15,21-22H,4-9,16-18H2,1-3H3,(H,31,33)(H,36,37)(H,30,32,34). The zero-order valence-corrected chi connectivity index (χ0v) is 23.4.